The molecule has 3 aromatic rings. The molecule has 0 saturated carbocycles. The lowest BCUT2D eigenvalue weighted by molar-refractivity contribution is 0.0242. The van der Waals surface area contributed by atoms with E-state index in [2.05, 4.69) is 9.88 Å². The number of aryl methyl sites for hydroxylation is 1. The largest absolute Gasteiger partial charge is 0.396 e. The number of hydrogen-bond donors (Lipinski definition) is 1. The van der Waals surface area contributed by atoms with Gasteiger partial charge in [0.15, 0.2) is 0 Å². The first-order chi connectivity index (χ1) is 17.8. The van der Waals surface area contributed by atoms with Gasteiger partial charge in [0.25, 0.3) is 5.91 Å². The average molecular weight is 544 g/mol. The molecule has 8 heteroatoms. The van der Waals surface area contributed by atoms with Crippen LogP contribution in [0.1, 0.15) is 40.7 Å². The third-order valence-corrected chi connectivity index (χ3v) is 8.88. The number of aliphatic hydroxyl groups excluding tert-OH is 1. The third kappa shape index (κ3) is 5.63. The molecular formula is C29H32Cl2FN3O2. The summed E-state index contributed by atoms with van der Waals surface area (Å²) >= 11 is 12.3. The summed E-state index contributed by atoms with van der Waals surface area (Å²) in [4.78, 5) is 22.3. The summed E-state index contributed by atoms with van der Waals surface area (Å²) in [5.74, 6) is 0.170. The van der Waals surface area contributed by atoms with E-state index in [1.165, 1.54) is 12.1 Å². The number of halogens is 3. The van der Waals surface area contributed by atoms with E-state index in [4.69, 9.17) is 23.2 Å². The molecule has 0 aliphatic carbocycles. The number of pyridine rings is 1. The molecule has 2 fully saturated rings. The number of hydrogen-bond acceptors (Lipinski definition) is 4. The molecule has 3 heterocycles. The quantitative estimate of drug-likeness (QED) is 0.444. The first-order valence-corrected chi connectivity index (χ1v) is 13.7. The Morgan fingerprint density at radius 1 is 1.05 bits per heavy atom. The van der Waals surface area contributed by atoms with Crippen molar-refractivity contribution in [2.75, 3.05) is 32.8 Å². The van der Waals surface area contributed by atoms with Crippen molar-refractivity contribution in [3.05, 3.63) is 75.1 Å². The second kappa shape index (κ2) is 11.2. The van der Waals surface area contributed by atoms with Crippen molar-refractivity contribution in [2.45, 2.75) is 38.6 Å². The van der Waals surface area contributed by atoms with Crippen LogP contribution >= 0.6 is 23.2 Å². The minimum Gasteiger partial charge on any atom is -0.396 e. The standard InChI is InChI=1S/C29H32Cl2FN3O2/c1-18-15-33-27-5-3-22(32)14-24(27)28(18)29(37)34-10-7-23(8-11-34)35-9-6-20(21(16-35)17-36)12-19-2-4-25(30)26(31)13-19/h2-5,13-15,20-21,23,36H,6-12,16-17H2,1H3. The predicted molar refractivity (Wildman–Crippen MR) is 146 cm³/mol. The van der Waals surface area contributed by atoms with E-state index in [1.807, 2.05) is 30.0 Å². The zero-order valence-electron chi connectivity index (χ0n) is 21.0. The van der Waals surface area contributed by atoms with Crippen LogP contribution in [0, 0.1) is 24.6 Å². The van der Waals surface area contributed by atoms with Crippen LogP contribution in [0.25, 0.3) is 10.9 Å². The van der Waals surface area contributed by atoms with Crippen LogP contribution in [0.15, 0.2) is 42.6 Å². The number of aromatic nitrogens is 1. The van der Waals surface area contributed by atoms with Gasteiger partial charge in [-0.2, -0.15) is 0 Å². The summed E-state index contributed by atoms with van der Waals surface area (Å²) in [7, 11) is 0. The lowest BCUT2D eigenvalue weighted by Gasteiger charge is -2.44. The van der Waals surface area contributed by atoms with Gasteiger partial charge in [0, 0.05) is 43.9 Å². The Labute approximate surface area is 227 Å². The van der Waals surface area contributed by atoms with E-state index in [9.17, 15) is 14.3 Å². The monoisotopic (exact) mass is 543 g/mol. The molecule has 2 atom stereocenters. The number of carbonyl (C=O) groups excluding carboxylic acids is 1. The SMILES string of the molecule is Cc1cnc2ccc(F)cc2c1C(=O)N1CCC(N2CCC(Cc3ccc(Cl)c(Cl)c3)C(CO)C2)CC1. The fourth-order valence-corrected chi connectivity index (χ4v) is 6.35. The van der Waals surface area contributed by atoms with Crippen LogP contribution in [0.2, 0.25) is 10.0 Å². The molecule has 2 aliphatic heterocycles. The number of piperidine rings is 2. The molecule has 1 amide bonds. The van der Waals surface area contributed by atoms with Crippen LogP contribution in [0.4, 0.5) is 4.39 Å². The smallest absolute Gasteiger partial charge is 0.254 e. The van der Waals surface area contributed by atoms with Gasteiger partial charge in [0.05, 0.1) is 21.1 Å². The summed E-state index contributed by atoms with van der Waals surface area (Å²) in [5, 5.41) is 11.9. The van der Waals surface area contributed by atoms with Crippen molar-refractivity contribution in [1.82, 2.24) is 14.8 Å². The number of aliphatic hydroxyl groups is 1. The normalized spacial score (nSPS) is 21.5. The summed E-state index contributed by atoms with van der Waals surface area (Å²) < 4.78 is 14.0. The summed E-state index contributed by atoms with van der Waals surface area (Å²) in [6, 6.07) is 10.6. The van der Waals surface area contributed by atoms with Gasteiger partial charge in [0.2, 0.25) is 0 Å². The highest BCUT2D eigenvalue weighted by molar-refractivity contribution is 6.42. The number of fused-ring (bicyclic) bond motifs is 1. The zero-order chi connectivity index (χ0) is 26.1. The van der Waals surface area contributed by atoms with Gasteiger partial charge in [-0.3, -0.25) is 14.7 Å². The van der Waals surface area contributed by atoms with Gasteiger partial charge in [-0.25, -0.2) is 4.39 Å². The summed E-state index contributed by atoms with van der Waals surface area (Å²) in [6.07, 6.45) is 5.36. The van der Waals surface area contributed by atoms with E-state index in [0.717, 1.165) is 49.9 Å². The lowest BCUT2D eigenvalue weighted by Crippen LogP contribution is -2.52. The van der Waals surface area contributed by atoms with Crippen molar-refractivity contribution in [3.63, 3.8) is 0 Å². The van der Waals surface area contributed by atoms with E-state index < -0.39 is 0 Å². The van der Waals surface area contributed by atoms with Crippen molar-refractivity contribution in [3.8, 4) is 0 Å². The van der Waals surface area contributed by atoms with Crippen molar-refractivity contribution < 1.29 is 14.3 Å². The van der Waals surface area contributed by atoms with Gasteiger partial charge < -0.3 is 10.0 Å². The molecule has 0 bridgehead atoms. The molecule has 2 saturated heterocycles. The molecule has 0 spiro atoms. The van der Waals surface area contributed by atoms with E-state index >= 15 is 0 Å². The van der Waals surface area contributed by atoms with Crippen molar-refractivity contribution >= 4 is 40.0 Å². The van der Waals surface area contributed by atoms with Gasteiger partial charge in [-0.15, -0.1) is 0 Å². The third-order valence-electron chi connectivity index (χ3n) is 8.14. The number of carbonyl (C=O) groups is 1. The molecular weight excluding hydrogens is 512 g/mol. The highest BCUT2D eigenvalue weighted by atomic mass is 35.5. The van der Waals surface area contributed by atoms with Gasteiger partial charge in [-0.05, 0) is 92.4 Å². The number of rotatable bonds is 5. The van der Waals surface area contributed by atoms with Gasteiger partial charge >= 0.3 is 0 Å². The predicted octanol–water partition coefficient (Wildman–Crippen LogP) is 5.77. The minimum atomic E-state index is -0.367. The molecule has 5 rings (SSSR count). The molecule has 1 N–H and O–H groups in total. The Bertz CT molecular complexity index is 1290. The topological polar surface area (TPSA) is 56.7 Å². The minimum absolute atomic E-state index is 0.0532. The first-order valence-electron chi connectivity index (χ1n) is 13.0. The van der Waals surface area contributed by atoms with E-state index in [1.54, 1.807) is 12.3 Å². The summed E-state index contributed by atoms with van der Waals surface area (Å²) in [6.45, 7) is 5.17. The van der Waals surface area contributed by atoms with Crippen LogP contribution in [-0.2, 0) is 6.42 Å². The molecule has 37 heavy (non-hydrogen) atoms. The molecule has 5 nitrogen and oxygen atoms in total. The Morgan fingerprint density at radius 2 is 1.84 bits per heavy atom. The van der Waals surface area contributed by atoms with Crippen LogP contribution < -0.4 is 0 Å². The first kappa shape index (κ1) is 26.4. The average Bonchev–Trinajstić information content (AvgIpc) is 2.90. The highest BCUT2D eigenvalue weighted by Gasteiger charge is 2.35. The van der Waals surface area contributed by atoms with Gasteiger partial charge in [-0.1, -0.05) is 29.3 Å². The molecule has 196 valence electrons. The molecule has 2 aliphatic rings. The number of amides is 1. The van der Waals surface area contributed by atoms with Crippen LogP contribution in [0.3, 0.4) is 0 Å². The maximum atomic E-state index is 14.0. The Kier molecular flexibility index (Phi) is 8.01. The second-order valence-electron chi connectivity index (χ2n) is 10.4. The van der Waals surface area contributed by atoms with Crippen molar-refractivity contribution in [1.29, 1.82) is 0 Å². The Hall–Kier alpha value is -2.25. The number of likely N-dealkylation sites (tertiary alicyclic amines) is 2. The molecule has 2 unspecified atom stereocenters. The van der Waals surface area contributed by atoms with Crippen LogP contribution in [0.5, 0.6) is 0 Å². The molecule has 0 radical (unpaired) electrons. The lowest BCUT2D eigenvalue weighted by atomic mass is 9.80. The van der Waals surface area contributed by atoms with E-state index in [0.29, 0.717) is 51.6 Å². The highest BCUT2D eigenvalue weighted by Crippen LogP contribution is 2.32. The second-order valence-corrected chi connectivity index (χ2v) is 11.3. The number of benzene rings is 2. The zero-order valence-corrected chi connectivity index (χ0v) is 22.5. The molecule has 2 aromatic carbocycles. The molecule has 1 aromatic heterocycles. The Morgan fingerprint density at radius 3 is 2.57 bits per heavy atom. The summed E-state index contributed by atoms with van der Waals surface area (Å²) in [5.41, 5.74) is 3.09. The van der Waals surface area contributed by atoms with Gasteiger partial charge in [0.1, 0.15) is 5.82 Å². The Balaban J connectivity index is 1.21. The van der Waals surface area contributed by atoms with Crippen LogP contribution in [-0.4, -0.2) is 64.6 Å². The fourth-order valence-electron chi connectivity index (χ4n) is 6.03. The maximum absolute atomic E-state index is 14.0. The van der Waals surface area contributed by atoms with E-state index in [-0.39, 0.29) is 24.2 Å². The fraction of sp³-hybridized carbons (Fsp3) is 0.448. The maximum Gasteiger partial charge on any atom is 0.254 e. The number of nitrogens with zero attached hydrogens (tertiary/aromatic N) is 3. The van der Waals surface area contributed by atoms with Crippen molar-refractivity contribution in [2.24, 2.45) is 11.8 Å².